The van der Waals surface area contributed by atoms with Gasteiger partial charge >= 0.3 is 0 Å². The molecule has 0 radical (unpaired) electrons. The highest BCUT2D eigenvalue weighted by atomic mass is 16.2. The van der Waals surface area contributed by atoms with Crippen molar-refractivity contribution in [1.29, 1.82) is 0 Å². The Morgan fingerprint density at radius 1 is 1.28 bits per heavy atom. The Hall–Kier alpha value is -1.71. The molecule has 4 nitrogen and oxygen atoms in total. The molecule has 1 aromatic heterocycles. The van der Waals surface area contributed by atoms with Crippen LogP contribution in [-0.2, 0) is 4.79 Å². The Bertz CT molecular complexity index is 387. The van der Waals surface area contributed by atoms with Gasteiger partial charge in [0.05, 0.1) is 5.71 Å². The van der Waals surface area contributed by atoms with E-state index in [4.69, 9.17) is 0 Å². The van der Waals surface area contributed by atoms with E-state index < -0.39 is 0 Å². The van der Waals surface area contributed by atoms with Crippen LogP contribution in [0.1, 0.15) is 51.5 Å². The molecule has 1 heterocycles. The van der Waals surface area contributed by atoms with Crippen LogP contribution < -0.4 is 5.43 Å². The molecule has 0 atom stereocenters. The van der Waals surface area contributed by atoms with Crippen molar-refractivity contribution < 1.29 is 4.79 Å². The summed E-state index contributed by atoms with van der Waals surface area (Å²) in [5, 5.41) is 4.08. The number of unbranched alkanes of at least 4 members (excludes halogenated alkanes) is 3. The van der Waals surface area contributed by atoms with Gasteiger partial charge in [-0.25, -0.2) is 5.43 Å². The van der Waals surface area contributed by atoms with E-state index in [9.17, 15) is 4.79 Å². The second kappa shape index (κ2) is 8.39. The number of amides is 1. The van der Waals surface area contributed by atoms with Crippen LogP contribution in [-0.4, -0.2) is 16.6 Å². The fraction of sp³-hybridized carbons (Fsp3) is 0.500. The maximum Gasteiger partial charge on any atom is 0.240 e. The minimum atomic E-state index is -0.0143. The van der Waals surface area contributed by atoms with Gasteiger partial charge in [0.25, 0.3) is 0 Å². The molecule has 0 fully saturated rings. The Morgan fingerprint density at radius 3 is 2.67 bits per heavy atom. The van der Waals surface area contributed by atoms with Crippen molar-refractivity contribution in [2.75, 3.05) is 0 Å². The number of hydrazone groups is 1. The number of hydrogen-bond donors (Lipinski definition) is 1. The standard InChI is InChI=1S/C14H21N3O/c1-3-4-5-6-7-14(18)17-16-12(2)13-8-10-15-11-9-13/h8-11H,3-7H2,1-2H3,(H,17,18)/b16-12+. The molecule has 0 saturated carbocycles. The molecular weight excluding hydrogens is 226 g/mol. The first-order chi connectivity index (χ1) is 8.74. The number of carbonyl (C=O) groups excluding carboxylic acids is 1. The van der Waals surface area contributed by atoms with E-state index in [1.54, 1.807) is 12.4 Å². The number of nitrogens with one attached hydrogen (secondary N) is 1. The third kappa shape index (κ3) is 5.57. The highest BCUT2D eigenvalue weighted by molar-refractivity contribution is 5.99. The molecule has 0 aliphatic carbocycles. The zero-order valence-corrected chi connectivity index (χ0v) is 11.1. The van der Waals surface area contributed by atoms with Gasteiger partial charge in [-0.3, -0.25) is 9.78 Å². The van der Waals surface area contributed by atoms with E-state index in [1.807, 2.05) is 19.1 Å². The van der Waals surface area contributed by atoms with E-state index in [0.717, 1.165) is 24.1 Å². The van der Waals surface area contributed by atoms with Crippen molar-refractivity contribution in [3.05, 3.63) is 30.1 Å². The SMILES string of the molecule is CCCCCCC(=O)N/N=C(\C)c1ccncc1. The Morgan fingerprint density at radius 2 is 2.00 bits per heavy atom. The third-order valence-corrected chi connectivity index (χ3v) is 2.70. The molecular formula is C14H21N3O. The van der Waals surface area contributed by atoms with Crippen LogP contribution in [0.4, 0.5) is 0 Å². The summed E-state index contributed by atoms with van der Waals surface area (Å²) in [7, 11) is 0. The van der Waals surface area contributed by atoms with Crippen molar-refractivity contribution in [2.24, 2.45) is 5.10 Å². The van der Waals surface area contributed by atoms with Gasteiger partial charge < -0.3 is 0 Å². The lowest BCUT2D eigenvalue weighted by Crippen LogP contribution is -2.18. The van der Waals surface area contributed by atoms with Gasteiger partial charge in [0.15, 0.2) is 0 Å². The molecule has 0 aliphatic rings. The summed E-state index contributed by atoms with van der Waals surface area (Å²) in [5.41, 5.74) is 4.35. The fourth-order valence-electron chi connectivity index (χ4n) is 1.57. The molecule has 1 N–H and O–H groups in total. The van der Waals surface area contributed by atoms with E-state index in [0.29, 0.717) is 6.42 Å². The van der Waals surface area contributed by atoms with E-state index >= 15 is 0 Å². The normalized spacial score (nSPS) is 11.3. The lowest BCUT2D eigenvalue weighted by Gasteiger charge is -2.02. The van der Waals surface area contributed by atoms with Crippen molar-refractivity contribution in [2.45, 2.75) is 46.0 Å². The lowest BCUT2D eigenvalue weighted by atomic mass is 10.1. The molecule has 0 unspecified atom stereocenters. The summed E-state index contributed by atoms with van der Waals surface area (Å²) in [6.45, 7) is 4.02. The van der Waals surface area contributed by atoms with Crippen LogP contribution in [0.15, 0.2) is 29.6 Å². The Labute approximate surface area is 109 Å². The fourth-order valence-corrected chi connectivity index (χ4v) is 1.57. The van der Waals surface area contributed by atoms with Crippen LogP contribution >= 0.6 is 0 Å². The van der Waals surface area contributed by atoms with Crippen molar-refractivity contribution in [3.8, 4) is 0 Å². The van der Waals surface area contributed by atoms with Gasteiger partial charge in [-0.05, 0) is 25.5 Å². The van der Waals surface area contributed by atoms with E-state index in [1.165, 1.54) is 12.8 Å². The Balaban J connectivity index is 2.32. The highest BCUT2D eigenvalue weighted by Gasteiger charge is 2.00. The highest BCUT2D eigenvalue weighted by Crippen LogP contribution is 2.02. The molecule has 4 heteroatoms. The molecule has 1 amide bonds. The van der Waals surface area contributed by atoms with Gasteiger partial charge in [-0.2, -0.15) is 5.10 Å². The summed E-state index contributed by atoms with van der Waals surface area (Å²) in [6.07, 6.45) is 8.38. The average molecular weight is 247 g/mol. The number of aromatic nitrogens is 1. The van der Waals surface area contributed by atoms with Crippen molar-refractivity contribution in [3.63, 3.8) is 0 Å². The molecule has 0 aliphatic heterocycles. The average Bonchev–Trinajstić information content (AvgIpc) is 2.42. The number of hydrogen-bond acceptors (Lipinski definition) is 3. The zero-order valence-electron chi connectivity index (χ0n) is 11.1. The largest absolute Gasteiger partial charge is 0.273 e. The number of pyridine rings is 1. The number of rotatable bonds is 7. The maximum absolute atomic E-state index is 11.5. The van der Waals surface area contributed by atoms with Crippen LogP contribution in [0.25, 0.3) is 0 Å². The quantitative estimate of drug-likeness (QED) is 0.457. The predicted octanol–water partition coefficient (Wildman–Crippen LogP) is 2.89. The topological polar surface area (TPSA) is 54.4 Å². The summed E-state index contributed by atoms with van der Waals surface area (Å²) in [6, 6.07) is 3.73. The molecule has 0 spiro atoms. The summed E-state index contributed by atoms with van der Waals surface area (Å²) in [5.74, 6) is -0.0143. The minimum Gasteiger partial charge on any atom is -0.273 e. The predicted molar refractivity (Wildman–Crippen MR) is 73.3 cm³/mol. The first-order valence-electron chi connectivity index (χ1n) is 6.47. The molecule has 0 bridgehead atoms. The smallest absolute Gasteiger partial charge is 0.240 e. The second-order valence-electron chi connectivity index (χ2n) is 4.28. The monoisotopic (exact) mass is 247 g/mol. The van der Waals surface area contributed by atoms with Gasteiger partial charge in [0.2, 0.25) is 5.91 Å². The molecule has 1 rings (SSSR count). The molecule has 98 valence electrons. The summed E-state index contributed by atoms with van der Waals surface area (Å²) >= 11 is 0. The second-order valence-corrected chi connectivity index (χ2v) is 4.28. The van der Waals surface area contributed by atoms with Crippen LogP contribution in [0, 0.1) is 0 Å². The van der Waals surface area contributed by atoms with Crippen LogP contribution in [0.2, 0.25) is 0 Å². The Kier molecular flexibility index (Phi) is 6.69. The minimum absolute atomic E-state index is 0.0143. The summed E-state index contributed by atoms with van der Waals surface area (Å²) < 4.78 is 0. The van der Waals surface area contributed by atoms with Gasteiger partial charge in [-0.15, -0.1) is 0 Å². The summed E-state index contributed by atoms with van der Waals surface area (Å²) in [4.78, 5) is 15.5. The third-order valence-electron chi connectivity index (χ3n) is 2.70. The van der Waals surface area contributed by atoms with Crippen molar-refractivity contribution in [1.82, 2.24) is 10.4 Å². The molecule has 0 aromatic carbocycles. The molecule has 1 aromatic rings. The first kappa shape index (κ1) is 14.4. The van der Waals surface area contributed by atoms with E-state index in [-0.39, 0.29) is 5.91 Å². The molecule has 18 heavy (non-hydrogen) atoms. The number of nitrogens with zero attached hydrogens (tertiary/aromatic N) is 2. The lowest BCUT2D eigenvalue weighted by molar-refractivity contribution is -0.121. The van der Waals surface area contributed by atoms with Gasteiger partial charge in [-0.1, -0.05) is 26.2 Å². The molecule has 0 saturated heterocycles. The van der Waals surface area contributed by atoms with Crippen LogP contribution in [0.5, 0.6) is 0 Å². The number of carbonyl (C=O) groups is 1. The van der Waals surface area contributed by atoms with Gasteiger partial charge in [0.1, 0.15) is 0 Å². The zero-order chi connectivity index (χ0) is 13.2. The van der Waals surface area contributed by atoms with Gasteiger partial charge in [0, 0.05) is 24.4 Å². The van der Waals surface area contributed by atoms with E-state index in [2.05, 4.69) is 22.4 Å². The van der Waals surface area contributed by atoms with Crippen molar-refractivity contribution >= 4 is 11.6 Å². The first-order valence-corrected chi connectivity index (χ1v) is 6.47. The maximum atomic E-state index is 11.5. The van der Waals surface area contributed by atoms with Crippen LogP contribution in [0.3, 0.4) is 0 Å².